The summed E-state index contributed by atoms with van der Waals surface area (Å²) in [5.41, 5.74) is 3.50. The van der Waals surface area contributed by atoms with Crippen molar-refractivity contribution >= 4 is 56.6 Å². The molecule has 0 aliphatic carbocycles. The van der Waals surface area contributed by atoms with Gasteiger partial charge in [0.2, 0.25) is 0 Å². The minimum Gasteiger partial charge on any atom is -0.496 e. The van der Waals surface area contributed by atoms with E-state index in [1.54, 1.807) is 49.4 Å². The SMILES string of the molecule is CCOC(=O)C1=C(c2ccccc2)N=c2s/c(=C\c3cc(Br)c(OCc4ccc(C#N)cc4)c(OC)c3)c(=O)n2[C@@H]1c1cc(Cl)ccc1OC. The van der Waals surface area contributed by atoms with Crippen molar-refractivity contribution in [2.45, 2.75) is 19.6 Å². The summed E-state index contributed by atoms with van der Waals surface area (Å²) in [6, 6.07) is 26.2. The normalized spacial score (nSPS) is 14.0. The zero-order valence-corrected chi connectivity index (χ0v) is 30.3. The molecule has 4 aromatic carbocycles. The molecule has 0 unspecified atom stereocenters. The van der Waals surface area contributed by atoms with Crippen molar-refractivity contribution in [2.75, 3.05) is 20.8 Å². The van der Waals surface area contributed by atoms with Crippen molar-refractivity contribution in [2.24, 2.45) is 4.99 Å². The summed E-state index contributed by atoms with van der Waals surface area (Å²) in [4.78, 5) is 33.5. The number of hydrogen-bond donors (Lipinski definition) is 0. The van der Waals surface area contributed by atoms with Gasteiger partial charge in [-0.25, -0.2) is 9.79 Å². The number of halogens is 2. The molecule has 5 aromatic rings. The average Bonchev–Trinajstić information content (AvgIpc) is 3.44. The maximum absolute atomic E-state index is 14.4. The van der Waals surface area contributed by atoms with E-state index in [2.05, 4.69) is 22.0 Å². The van der Waals surface area contributed by atoms with Crippen LogP contribution in [0.25, 0.3) is 11.8 Å². The fourth-order valence-corrected chi connectivity index (χ4v) is 7.35. The predicted molar refractivity (Wildman–Crippen MR) is 195 cm³/mol. The van der Waals surface area contributed by atoms with Crippen LogP contribution in [0.4, 0.5) is 0 Å². The number of hydrogen-bond acceptors (Lipinski definition) is 9. The fraction of sp³-hybridized carbons (Fsp3) is 0.158. The molecule has 1 aliphatic heterocycles. The third-order valence-corrected chi connectivity index (χ3v) is 9.68. The highest BCUT2D eigenvalue weighted by molar-refractivity contribution is 9.10. The molecule has 0 amide bonds. The fourth-order valence-electron chi connectivity index (χ4n) is 5.60. The number of nitrogens with zero attached hydrogens (tertiary/aromatic N) is 3. The van der Waals surface area contributed by atoms with Crippen LogP contribution in [-0.2, 0) is 16.1 Å². The number of carbonyl (C=O) groups excluding carboxylic acids is 1. The first-order chi connectivity index (χ1) is 24.3. The quantitative estimate of drug-likeness (QED) is 0.143. The summed E-state index contributed by atoms with van der Waals surface area (Å²) in [6.07, 6.45) is 1.74. The molecule has 1 aromatic heterocycles. The molecule has 50 heavy (non-hydrogen) atoms. The van der Waals surface area contributed by atoms with Crippen LogP contribution in [0.5, 0.6) is 17.2 Å². The molecular formula is C38H29BrClN3O6S. The number of methoxy groups -OCH3 is 2. The van der Waals surface area contributed by atoms with Gasteiger partial charge in [-0.2, -0.15) is 5.26 Å². The van der Waals surface area contributed by atoms with Crippen LogP contribution in [0.3, 0.4) is 0 Å². The van der Waals surface area contributed by atoms with E-state index in [0.717, 1.165) is 5.56 Å². The van der Waals surface area contributed by atoms with Crippen LogP contribution in [0.1, 0.15) is 40.8 Å². The molecule has 6 rings (SSSR count). The number of esters is 1. The van der Waals surface area contributed by atoms with Gasteiger partial charge in [0.05, 0.1) is 52.7 Å². The predicted octanol–water partition coefficient (Wildman–Crippen LogP) is 6.82. The Labute approximate surface area is 305 Å². The molecule has 9 nitrogen and oxygen atoms in total. The molecule has 0 saturated heterocycles. The molecule has 2 heterocycles. The first-order valence-electron chi connectivity index (χ1n) is 15.4. The number of benzene rings is 4. The van der Waals surface area contributed by atoms with Gasteiger partial charge in [0.15, 0.2) is 16.3 Å². The highest BCUT2D eigenvalue weighted by Gasteiger charge is 2.37. The third-order valence-electron chi connectivity index (χ3n) is 7.88. The topological polar surface area (TPSA) is 112 Å². The summed E-state index contributed by atoms with van der Waals surface area (Å²) >= 11 is 11.3. The van der Waals surface area contributed by atoms with E-state index in [-0.39, 0.29) is 24.3 Å². The smallest absolute Gasteiger partial charge is 0.338 e. The molecule has 0 fully saturated rings. The van der Waals surface area contributed by atoms with Gasteiger partial charge in [-0.05, 0) is 82.5 Å². The molecule has 0 spiro atoms. The highest BCUT2D eigenvalue weighted by atomic mass is 79.9. The van der Waals surface area contributed by atoms with Gasteiger partial charge in [-0.1, -0.05) is 65.4 Å². The van der Waals surface area contributed by atoms with Crippen LogP contribution in [0.15, 0.2) is 105 Å². The monoisotopic (exact) mass is 769 g/mol. The molecule has 0 bridgehead atoms. The number of nitriles is 1. The zero-order valence-electron chi connectivity index (χ0n) is 27.1. The number of fused-ring (bicyclic) bond motifs is 1. The Balaban J connectivity index is 1.51. The van der Waals surface area contributed by atoms with E-state index < -0.39 is 12.0 Å². The van der Waals surface area contributed by atoms with Crippen molar-refractivity contribution in [1.82, 2.24) is 4.57 Å². The Morgan fingerprint density at radius 2 is 1.78 bits per heavy atom. The largest absolute Gasteiger partial charge is 0.496 e. The van der Waals surface area contributed by atoms with E-state index >= 15 is 0 Å². The number of ether oxygens (including phenoxy) is 4. The lowest BCUT2D eigenvalue weighted by atomic mass is 9.92. The Bertz CT molecular complexity index is 2350. The summed E-state index contributed by atoms with van der Waals surface area (Å²) in [5.74, 6) is 0.761. The Kier molecular flexibility index (Phi) is 10.5. The standard InChI is InChI=1S/C38H29BrClN3O6S/c1-4-48-37(45)32-33(25-8-6-5-7-9-25)42-38-43(34(32)27-19-26(40)14-15-29(27)46-2)36(44)31(50-38)18-24-16-28(39)35(30(17-24)47-3)49-21-23-12-10-22(20-41)11-13-23/h5-19,34H,4,21H2,1-3H3/b31-18-/t34-/m1/s1. The number of thiazole rings is 1. The summed E-state index contributed by atoms with van der Waals surface area (Å²) in [5, 5.41) is 9.49. The molecule has 12 heteroatoms. The van der Waals surface area contributed by atoms with Crippen molar-refractivity contribution < 1.29 is 23.7 Å². The second-order valence-electron chi connectivity index (χ2n) is 10.9. The van der Waals surface area contributed by atoms with Crippen LogP contribution in [0.2, 0.25) is 5.02 Å². The van der Waals surface area contributed by atoms with Gasteiger partial charge in [-0.3, -0.25) is 9.36 Å². The summed E-state index contributed by atoms with van der Waals surface area (Å²) < 4.78 is 25.5. The van der Waals surface area contributed by atoms with Gasteiger partial charge < -0.3 is 18.9 Å². The lowest BCUT2D eigenvalue weighted by molar-refractivity contribution is -0.138. The lowest BCUT2D eigenvalue weighted by Crippen LogP contribution is -2.40. The zero-order chi connectivity index (χ0) is 35.4. The van der Waals surface area contributed by atoms with Crippen LogP contribution >= 0.6 is 38.9 Å². The molecule has 1 atom stereocenters. The van der Waals surface area contributed by atoms with Crippen LogP contribution in [0, 0.1) is 11.3 Å². The Hall–Kier alpha value is -5.15. The number of carbonyl (C=O) groups is 1. The summed E-state index contributed by atoms with van der Waals surface area (Å²) in [6.45, 7) is 2.09. The van der Waals surface area contributed by atoms with Crippen molar-refractivity contribution in [3.63, 3.8) is 0 Å². The van der Waals surface area contributed by atoms with Gasteiger partial charge >= 0.3 is 5.97 Å². The van der Waals surface area contributed by atoms with Gasteiger partial charge in [0.25, 0.3) is 5.56 Å². The van der Waals surface area contributed by atoms with E-state index in [0.29, 0.717) is 64.0 Å². The second-order valence-corrected chi connectivity index (χ2v) is 13.2. The average molecular weight is 771 g/mol. The molecule has 0 radical (unpaired) electrons. The lowest BCUT2D eigenvalue weighted by Gasteiger charge is -2.27. The van der Waals surface area contributed by atoms with E-state index in [1.807, 2.05) is 48.5 Å². The van der Waals surface area contributed by atoms with Crippen molar-refractivity contribution in [3.05, 3.63) is 148 Å². The van der Waals surface area contributed by atoms with Crippen LogP contribution < -0.4 is 29.1 Å². The first-order valence-corrected chi connectivity index (χ1v) is 17.4. The maximum atomic E-state index is 14.4. The molecule has 1 aliphatic rings. The van der Waals surface area contributed by atoms with Crippen molar-refractivity contribution in [1.29, 1.82) is 5.26 Å². The van der Waals surface area contributed by atoms with E-state index in [4.69, 9.17) is 40.8 Å². The maximum Gasteiger partial charge on any atom is 0.338 e. The molecular weight excluding hydrogens is 742 g/mol. The molecule has 0 N–H and O–H groups in total. The Morgan fingerprint density at radius 3 is 2.46 bits per heavy atom. The van der Waals surface area contributed by atoms with Gasteiger partial charge in [0, 0.05) is 16.1 Å². The highest BCUT2D eigenvalue weighted by Crippen LogP contribution is 2.40. The number of aromatic nitrogens is 1. The van der Waals surface area contributed by atoms with Crippen LogP contribution in [-0.4, -0.2) is 31.4 Å². The van der Waals surface area contributed by atoms with Crippen molar-refractivity contribution in [3.8, 4) is 23.3 Å². The third kappa shape index (κ3) is 6.96. The summed E-state index contributed by atoms with van der Waals surface area (Å²) in [7, 11) is 3.06. The van der Waals surface area contributed by atoms with E-state index in [9.17, 15) is 9.59 Å². The van der Waals surface area contributed by atoms with Gasteiger partial charge in [-0.15, -0.1) is 0 Å². The Morgan fingerprint density at radius 1 is 1.04 bits per heavy atom. The number of rotatable bonds is 10. The molecule has 252 valence electrons. The minimum atomic E-state index is -0.962. The van der Waals surface area contributed by atoms with E-state index in [1.165, 1.54) is 30.1 Å². The first kappa shape index (κ1) is 34.7. The minimum absolute atomic E-state index is 0.123. The second kappa shape index (κ2) is 15.2. The van der Waals surface area contributed by atoms with Gasteiger partial charge in [0.1, 0.15) is 18.4 Å². The molecule has 0 saturated carbocycles.